The van der Waals surface area contributed by atoms with Crippen molar-refractivity contribution < 1.29 is 81.1 Å². The Morgan fingerprint density at radius 2 is 1.12 bits per heavy atom. The zero-order valence-electron chi connectivity index (χ0n) is 38.8. The van der Waals surface area contributed by atoms with Crippen LogP contribution in [0.4, 0.5) is 0 Å². The van der Waals surface area contributed by atoms with Gasteiger partial charge in [-0.05, 0) is 16.7 Å². The molecule has 2 N–H and O–H groups in total. The highest BCUT2D eigenvalue weighted by molar-refractivity contribution is 7.80. The number of aliphatic hydroxyl groups excluding tert-OH is 1. The van der Waals surface area contributed by atoms with E-state index in [1.165, 1.54) is 20.8 Å². The number of esters is 4. The van der Waals surface area contributed by atoms with E-state index in [2.05, 4.69) is 10.2 Å². The van der Waals surface area contributed by atoms with E-state index in [4.69, 9.17) is 69.1 Å². The van der Waals surface area contributed by atoms with Crippen molar-refractivity contribution in [1.29, 1.82) is 0 Å². The maximum atomic E-state index is 12.3. The fourth-order valence-corrected chi connectivity index (χ4v) is 7.95. The van der Waals surface area contributed by atoms with Gasteiger partial charge in [0.15, 0.2) is 24.6 Å². The van der Waals surface area contributed by atoms with Crippen LogP contribution in [-0.2, 0) is 89.2 Å². The van der Waals surface area contributed by atoms with Gasteiger partial charge in [-0.1, -0.05) is 60.7 Å². The third-order valence-corrected chi connectivity index (χ3v) is 11.2. The van der Waals surface area contributed by atoms with E-state index in [0.717, 1.165) is 29.2 Å². The number of rotatable bonds is 14. The van der Waals surface area contributed by atoms with E-state index in [0.29, 0.717) is 104 Å². The van der Waals surface area contributed by atoms with Crippen molar-refractivity contribution in [2.75, 3.05) is 92.3 Å². The molecule has 0 radical (unpaired) electrons. The number of benzene rings is 2. The third kappa shape index (κ3) is 19.0. The van der Waals surface area contributed by atoms with Crippen molar-refractivity contribution >= 4 is 41.1 Å². The Hall–Kier alpha value is -4.19. The van der Waals surface area contributed by atoms with Gasteiger partial charge in [0.05, 0.1) is 89.9 Å². The number of nitrogens with one attached hydrogen (secondary N) is 1. The molecule has 3 saturated heterocycles. The highest BCUT2D eigenvalue weighted by atomic mass is 32.1. The molecule has 3 aliphatic heterocycles. The molecule has 2 aromatic rings. The van der Waals surface area contributed by atoms with E-state index in [1.54, 1.807) is 0 Å². The largest absolute Gasteiger partial charge is 0.463 e. The average Bonchev–Trinajstić information content (AvgIpc) is 3.29. The minimum absolute atomic E-state index is 0.00619. The second-order valence-electron chi connectivity index (χ2n) is 16.2. The number of carbonyl (C=O) groups excluding carboxylic acids is 4. The zero-order valence-corrected chi connectivity index (χ0v) is 39.6. The van der Waals surface area contributed by atoms with Gasteiger partial charge in [0, 0.05) is 72.3 Å². The summed E-state index contributed by atoms with van der Waals surface area (Å²) in [5, 5.41) is 12.9. The molecule has 19 nitrogen and oxygen atoms in total. The summed E-state index contributed by atoms with van der Waals surface area (Å²) in [6, 6.07) is 15.5. The maximum absolute atomic E-state index is 12.3. The number of aliphatic hydroxyl groups is 1. The van der Waals surface area contributed by atoms with Gasteiger partial charge < -0.3 is 67.3 Å². The van der Waals surface area contributed by atoms with Gasteiger partial charge in [0.2, 0.25) is 0 Å². The number of ether oxygens (including phenoxy) is 12. The Morgan fingerprint density at radius 3 is 1.64 bits per heavy atom. The van der Waals surface area contributed by atoms with E-state index >= 15 is 0 Å². The summed E-state index contributed by atoms with van der Waals surface area (Å²) in [5.74, 6) is -2.73. The number of nitrogens with zero attached hydrogens (tertiary/aromatic N) is 1. The highest BCUT2D eigenvalue weighted by Gasteiger charge is 2.52. The van der Waals surface area contributed by atoms with Crippen LogP contribution < -0.4 is 5.32 Å². The van der Waals surface area contributed by atoms with Crippen LogP contribution in [0.2, 0.25) is 0 Å². The average molecular weight is 963 g/mol. The lowest BCUT2D eigenvalue weighted by atomic mass is 9.92. The van der Waals surface area contributed by atoms with Crippen molar-refractivity contribution in [1.82, 2.24) is 10.2 Å². The molecule has 0 bridgehead atoms. The summed E-state index contributed by atoms with van der Waals surface area (Å²) in [7, 11) is 0. The molecule has 3 heterocycles. The Morgan fingerprint density at radius 1 is 0.627 bits per heavy atom. The summed E-state index contributed by atoms with van der Waals surface area (Å²) < 4.78 is 70.0. The normalized spacial score (nSPS) is 26.5. The first-order chi connectivity index (χ1) is 32.4. The zero-order chi connectivity index (χ0) is 48.0. The number of hydrogen-bond acceptors (Lipinski definition) is 19. The second kappa shape index (κ2) is 29.0. The quantitative estimate of drug-likeness (QED) is 0.158. The lowest BCUT2D eigenvalue weighted by Gasteiger charge is -2.44. The van der Waals surface area contributed by atoms with E-state index < -0.39 is 60.7 Å². The molecular weight excluding hydrogens is 897 g/mol. The minimum Gasteiger partial charge on any atom is -0.463 e. The van der Waals surface area contributed by atoms with Gasteiger partial charge in [-0.25, -0.2) is 0 Å². The van der Waals surface area contributed by atoms with Crippen molar-refractivity contribution in [2.24, 2.45) is 0 Å². The lowest BCUT2D eigenvalue weighted by Crippen LogP contribution is -2.62. The first kappa shape index (κ1) is 53.8. The van der Waals surface area contributed by atoms with Crippen LogP contribution >= 0.6 is 12.2 Å². The highest BCUT2D eigenvalue weighted by Crippen LogP contribution is 2.38. The number of hydrogen-bond donors (Lipinski definition) is 2. The van der Waals surface area contributed by atoms with Gasteiger partial charge >= 0.3 is 23.9 Å². The minimum atomic E-state index is -1.29. The van der Waals surface area contributed by atoms with Gasteiger partial charge in [-0.3, -0.25) is 24.1 Å². The Kier molecular flexibility index (Phi) is 23.3. The molecule has 3 fully saturated rings. The van der Waals surface area contributed by atoms with Gasteiger partial charge in [0.1, 0.15) is 18.8 Å². The van der Waals surface area contributed by atoms with Gasteiger partial charge in [-0.15, -0.1) is 0 Å². The predicted molar refractivity (Wildman–Crippen MR) is 241 cm³/mol. The number of thiocarbonyl (C=S) groups is 1. The lowest BCUT2D eigenvalue weighted by molar-refractivity contribution is -0.253. The molecular formula is C47H66N2O17S. The van der Waals surface area contributed by atoms with Crippen LogP contribution in [0.1, 0.15) is 75.2 Å². The fraction of sp³-hybridized carbons (Fsp3) is 0.638. The van der Waals surface area contributed by atoms with Gasteiger partial charge in [-0.2, -0.15) is 0 Å². The standard InChI is InChI=1S/C47H66N2O17S/c1-31(51)60-30-42-45(62-33(3)53)46(63-34(4)54)44(61-32(2)52)41(65-42)26-43(67)48-27-35-5-11-38(12-6-35)47-64-39(25-40(66-47)37-9-7-36(29-50)8-10-37)28-49-13-15-55-17-19-57-21-23-59-24-22-58-20-18-56-16-14-49/h5-12,39-42,44-47,50H,13-30H2,1-4H3,(H,48,67). The monoisotopic (exact) mass is 962 g/mol. The van der Waals surface area contributed by atoms with Crippen LogP contribution in [0.3, 0.4) is 0 Å². The third-order valence-electron chi connectivity index (χ3n) is 10.9. The van der Waals surface area contributed by atoms with Crippen LogP contribution in [-0.4, -0.2) is 168 Å². The molecule has 0 spiro atoms. The topological polar surface area (TPSA) is 215 Å². The molecule has 2 aromatic carbocycles. The summed E-state index contributed by atoms with van der Waals surface area (Å²) >= 11 is 5.73. The van der Waals surface area contributed by atoms with E-state index in [-0.39, 0.29) is 31.8 Å². The Balaban J connectivity index is 1.25. The molecule has 8 atom stereocenters. The summed E-state index contributed by atoms with van der Waals surface area (Å²) in [6.45, 7) is 11.4. The van der Waals surface area contributed by atoms with Crippen molar-refractivity contribution in [2.45, 2.75) is 103 Å². The molecule has 8 unspecified atom stereocenters. The van der Waals surface area contributed by atoms with Gasteiger partial charge in [0.25, 0.3) is 0 Å². The predicted octanol–water partition coefficient (Wildman–Crippen LogP) is 3.06. The molecule has 5 rings (SSSR count). The van der Waals surface area contributed by atoms with Crippen LogP contribution in [0, 0.1) is 0 Å². The first-order valence-electron chi connectivity index (χ1n) is 22.7. The SMILES string of the molecule is CC(=O)OCC1OC(CC(=S)NCc2ccc(C3OC(CN4CCOCCOCCOCCOCCOCC4)CC(c4ccc(CO)cc4)O3)cc2)C(OC(C)=O)C(OC(C)=O)C1OC(C)=O. The fourth-order valence-electron chi connectivity index (χ4n) is 7.71. The number of carbonyl (C=O) groups is 4. The Bertz CT molecular complexity index is 1820. The first-order valence-corrected chi connectivity index (χ1v) is 23.1. The molecule has 0 saturated carbocycles. The summed E-state index contributed by atoms with van der Waals surface area (Å²) in [5.41, 5.74) is 3.46. The summed E-state index contributed by atoms with van der Waals surface area (Å²) in [6.07, 6.45) is -6.44. The van der Waals surface area contributed by atoms with Crippen LogP contribution in [0.25, 0.3) is 0 Å². The van der Waals surface area contributed by atoms with Crippen molar-refractivity contribution in [3.05, 3.63) is 70.8 Å². The molecule has 372 valence electrons. The molecule has 0 aromatic heterocycles. The van der Waals surface area contributed by atoms with Crippen LogP contribution in [0.15, 0.2) is 48.5 Å². The van der Waals surface area contributed by atoms with Crippen molar-refractivity contribution in [3.63, 3.8) is 0 Å². The smallest absolute Gasteiger partial charge is 0.303 e. The molecule has 0 amide bonds. The second-order valence-corrected chi connectivity index (χ2v) is 16.7. The molecule has 20 heteroatoms. The maximum Gasteiger partial charge on any atom is 0.303 e. The van der Waals surface area contributed by atoms with Crippen molar-refractivity contribution in [3.8, 4) is 0 Å². The molecule has 0 aliphatic carbocycles. The van der Waals surface area contributed by atoms with E-state index in [9.17, 15) is 24.3 Å². The van der Waals surface area contributed by atoms with Crippen LogP contribution in [0.5, 0.6) is 0 Å². The molecule has 67 heavy (non-hydrogen) atoms. The Labute approximate surface area is 397 Å². The van der Waals surface area contributed by atoms with E-state index in [1.807, 2.05) is 48.5 Å². The molecule has 3 aliphatic rings. The summed E-state index contributed by atoms with van der Waals surface area (Å²) in [4.78, 5) is 51.0.